The average Bonchev–Trinajstić information content (AvgIpc) is 2.94. The normalized spacial score (nSPS) is 14.5. The first-order valence-corrected chi connectivity index (χ1v) is 6.77. The van der Waals surface area contributed by atoms with Crippen molar-refractivity contribution in [2.75, 3.05) is 13.7 Å². The number of hydrogen-bond acceptors (Lipinski definition) is 5. The van der Waals surface area contributed by atoms with Gasteiger partial charge in [-0.2, -0.15) is 5.10 Å². The number of ether oxygens (including phenoxy) is 1. The Hall–Kier alpha value is -2.58. The molecule has 0 aromatic carbocycles. The predicted molar refractivity (Wildman–Crippen MR) is 82.0 cm³/mol. The fourth-order valence-electron chi connectivity index (χ4n) is 2.01. The number of hydrogen-bond donors (Lipinski definition) is 3. The lowest BCUT2D eigenvalue weighted by molar-refractivity contribution is 0.177. The van der Waals surface area contributed by atoms with Crippen LogP contribution in [0.1, 0.15) is 13.3 Å². The highest BCUT2D eigenvalue weighted by atomic mass is 16.5. The number of carbonyl (C=O) groups is 1. The van der Waals surface area contributed by atoms with Gasteiger partial charge in [-0.15, -0.1) is 0 Å². The van der Waals surface area contributed by atoms with E-state index in [0.717, 1.165) is 27.6 Å². The van der Waals surface area contributed by atoms with Gasteiger partial charge in [0.2, 0.25) is 5.88 Å². The zero-order chi connectivity index (χ0) is 16.1. The van der Waals surface area contributed by atoms with Gasteiger partial charge in [0.25, 0.3) is 0 Å². The lowest BCUT2D eigenvalue weighted by atomic mass is 10.1. The van der Waals surface area contributed by atoms with Gasteiger partial charge >= 0.3 is 6.03 Å². The number of H-pyrrole nitrogens is 1. The largest absolute Gasteiger partial charge is 0.473 e. The van der Waals surface area contributed by atoms with E-state index in [1.165, 1.54) is 7.05 Å². The molecule has 0 aliphatic heterocycles. The summed E-state index contributed by atoms with van der Waals surface area (Å²) in [4.78, 5) is 12.0. The van der Waals surface area contributed by atoms with E-state index in [2.05, 4.69) is 10.2 Å². The standard InChI is InChI=1S/C14H20N6O2/c1-10-5-3-4-6-12(20(16)14(21)19(2)15)11(10)9-22-13-7-8-17-18-13/h4-8H,3,9,15-16H2,1-2H3,(H,17,18). The molecule has 22 heavy (non-hydrogen) atoms. The van der Waals surface area contributed by atoms with Crippen LogP contribution in [0.2, 0.25) is 0 Å². The smallest absolute Gasteiger partial charge is 0.352 e. The third kappa shape index (κ3) is 3.54. The minimum Gasteiger partial charge on any atom is -0.473 e. The Morgan fingerprint density at radius 1 is 1.50 bits per heavy atom. The number of aromatic nitrogens is 2. The van der Waals surface area contributed by atoms with Crippen LogP contribution in [0.25, 0.3) is 0 Å². The van der Waals surface area contributed by atoms with E-state index < -0.39 is 6.03 Å². The van der Waals surface area contributed by atoms with E-state index in [9.17, 15) is 4.79 Å². The number of nitrogens with two attached hydrogens (primary N) is 2. The summed E-state index contributed by atoms with van der Waals surface area (Å²) >= 11 is 0. The molecule has 2 rings (SSSR count). The van der Waals surface area contributed by atoms with E-state index in [1.54, 1.807) is 18.3 Å². The molecule has 1 aliphatic carbocycles. The minimum atomic E-state index is -0.520. The molecule has 8 heteroatoms. The molecule has 8 nitrogen and oxygen atoms in total. The van der Waals surface area contributed by atoms with Gasteiger partial charge in [0.05, 0.1) is 11.9 Å². The molecule has 2 amide bonds. The molecular formula is C14H20N6O2. The summed E-state index contributed by atoms with van der Waals surface area (Å²) in [5.74, 6) is 11.9. The van der Waals surface area contributed by atoms with Gasteiger partial charge < -0.3 is 4.74 Å². The zero-order valence-electron chi connectivity index (χ0n) is 12.6. The number of nitrogens with one attached hydrogen (secondary N) is 1. The second kappa shape index (κ2) is 6.92. The average molecular weight is 304 g/mol. The maximum atomic E-state index is 12.0. The van der Waals surface area contributed by atoms with Gasteiger partial charge in [-0.1, -0.05) is 12.2 Å². The Balaban J connectivity index is 2.30. The highest BCUT2D eigenvalue weighted by molar-refractivity contribution is 5.76. The fraction of sp³-hybridized carbons (Fsp3) is 0.286. The zero-order valence-corrected chi connectivity index (χ0v) is 12.6. The summed E-state index contributed by atoms with van der Waals surface area (Å²) in [7, 11) is 1.44. The number of hydrazine groups is 2. The molecule has 1 aromatic heterocycles. The predicted octanol–water partition coefficient (Wildman–Crippen LogP) is 1.05. The van der Waals surface area contributed by atoms with Crippen LogP contribution in [0.3, 0.4) is 0 Å². The van der Waals surface area contributed by atoms with Crippen molar-refractivity contribution in [3.05, 3.63) is 47.3 Å². The van der Waals surface area contributed by atoms with Gasteiger partial charge in [0.15, 0.2) is 0 Å². The van der Waals surface area contributed by atoms with E-state index in [0.29, 0.717) is 11.6 Å². The Morgan fingerprint density at radius 3 is 2.91 bits per heavy atom. The lowest BCUT2D eigenvalue weighted by Gasteiger charge is -2.24. The number of allylic oxidation sites excluding steroid dienone is 3. The molecular weight excluding hydrogens is 284 g/mol. The van der Waals surface area contributed by atoms with E-state index >= 15 is 0 Å². The Morgan fingerprint density at radius 2 is 2.27 bits per heavy atom. The topological polar surface area (TPSA) is 114 Å². The maximum absolute atomic E-state index is 12.0. The molecule has 1 heterocycles. The van der Waals surface area contributed by atoms with Gasteiger partial charge in [-0.05, 0) is 25.0 Å². The molecule has 118 valence electrons. The Bertz CT molecular complexity index is 615. The van der Waals surface area contributed by atoms with Crippen molar-refractivity contribution in [2.24, 2.45) is 11.7 Å². The quantitative estimate of drug-likeness (QED) is 0.437. The van der Waals surface area contributed by atoms with Gasteiger partial charge in [-0.3, -0.25) is 5.01 Å². The fourth-order valence-corrected chi connectivity index (χ4v) is 2.01. The molecule has 0 fully saturated rings. The molecule has 0 saturated carbocycles. The number of aromatic amines is 1. The number of rotatable bonds is 4. The molecule has 0 unspecified atom stereocenters. The van der Waals surface area contributed by atoms with Crippen molar-refractivity contribution >= 4 is 6.03 Å². The summed E-state index contributed by atoms with van der Waals surface area (Å²) < 4.78 is 5.64. The maximum Gasteiger partial charge on any atom is 0.352 e. The first-order chi connectivity index (χ1) is 10.5. The van der Waals surface area contributed by atoms with Crippen LogP contribution in [0, 0.1) is 0 Å². The van der Waals surface area contributed by atoms with Crippen molar-refractivity contribution in [3.63, 3.8) is 0 Å². The Labute approximate surface area is 128 Å². The number of urea groups is 1. The van der Waals surface area contributed by atoms with Crippen LogP contribution >= 0.6 is 0 Å². The third-order valence-corrected chi connectivity index (χ3v) is 3.24. The lowest BCUT2D eigenvalue weighted by Crippen LogP contribution is -2.47. The SMILES string of the molecule is CC1=CCC=CC(N(N)C(=O)N(C)N)=C1COc1ccn[nH]1. The van der Waals surface area contributed by atoms with Crippen LogP contribution < -0.4 is 16.4 Å². The molecule has 0 atom stereocenters. The third-order valence-electron chi connectivity index (χ3n) is 3.24. The molecule has 0 spiro atoms. The van der Waals surface area contributed by atoms with Gasteiger partial charge in [0, 0.05) is 18.7 Å². The van der Waals surface area contributed by atoms with Gasteiger partial charge in [-0.25, -0.2) is 26.6 Å². The summed E-state index contributed by atoms with van der Waals surface area (Å²) in [6.07, 6.45) is 8.11. The van der Waals surface area contributed by atoms with Crippen molar-refractivity contribution in [2.45, 2.75) is 13.3 Å². The summed E-state index contributed by atoms with van der Waals surface area (Å²) in [5.41, 5.74) is 2.34. The molecule has 0 saturated heterocycles. The molecule has 1 aliphatic rings. The summed E-state index contributed by atoms with van der Waals surface area (Å²) in [6, 6.07) is 1.19. The van der Waals surface area contributed by atoms with Crippen molar-refractivity contribution in [3.8, 4) is 5.88 Å². The van der Waals surface area contributed by atoms with Crippen LogP contribution in [-0.4, -0.2) is 39.9 Å². The second-order valence-corrected chi connectivity index (χ2v) is 4.86. The van der Waals surface area contributed by atoms with E-state index in [4.69, 9.17) is 16.4 Å². The highest BCUT2D eigenvalue weighted by Gasteiger charge is 2.21. The summed E-state index contributed by atoms with van der Waals surface area (Å²) in [6.45, 7) is 2.20. The number of nitrogens with zero attached hydrogens (tertiary/aromatic N) is 3. The van der Waals surface area contributed by atoms with Crippen LogP contribution in [0.4, 0.5) is 4.79 Å². The first kappa shape index (κ1) is 15.8. The first-order valence-electron chi connectivity index (χ1n) is 6.77. The monoisotopic (exact) mass is 304 g/mol. The number of amides is 2. The summed E-state index contributed by atoms with van der Waals surface area (Å²) in [5, 5.41) is 8.49. The van der Waals surface area contributed by atoms with E-state index in [1.807, 2.05) is 19.1 Å². The molecule has 0 bridgehead atoms. The highest BCUT2D eigenvalue weighted by Crippen LogP contribution is 2.23. The van der Waals surface area contributed by atoms with Crippen LogP contribution in [-0.2, 0) is 0 Å². The molecule has 5 N–H and O–H groups in total. The second-order valence-electron chi connectivity index (χ2n) is 4.86. The van der Waals surface area contributed by atoms with Crippen LogP contribution in [0.15, 0.2) is 47.3 Å². The Kier molecular flexibility index (Phi) is 4.97. The molecule has 1 aromatic rings. The van der Waals surface area contributed by atoms with E-state index in [-0.39, 0.29) is 6.61 Å². The molecule has 0 radical (unpaired) electrons. The van der Waals surface area contributed by atoms with Crippen LogP contribution in [0.5, 0.6) is 5.88 Å². The minimum absolute atomic E-state index is 0.249. The number of carbonyl (C=O) groups excluding carboxylic acids is 1. The van der Waals surface area contributed by atoms with Crippen molar-refractivity contribution in [1.29, 1.82) is 0 Å². The van der Waals surface area contributed by atoms with Crippen molar-refractivity contribution < 1.29 is 9.53 Å². The van der Waals surface area contributed by atoms with Gasteiger partial charge in [0.1, 0.15) is 6.61 Å². The van der Waals surface area contributed by atoms with Crippen molar-refractivity contribution in [1.82, 2.24) is 20.2 Å².